The van der Waals surface area contributed by atoms with Crippen LogP contribution in [-0.2, 0) is 36.7 Å². The van der Waals surface area contributed by atoms with Crippen LogP contribution in [0.4, 0.5) is 26.3 Å². The fourth-order valence-corrected chi connectivity index (χ4v) is 23.8. The van der Waals surface area contributed by atoms with Crippen molar-refractivity contribution in [2.75, 3.05) is 0 Å². The van der Waals surface area contributed by atoms with Gasteiger partial charge >= 0.3 is 268 Å². The minimum absolute atomic E-state index is 0.104. The Morgan fingerprint density at radius 2 is 1.45 bits per heavy atom. The fourth-order valence-electron chi connectivity index (χ4n) is 6.83. The summed E-state index contributed by atoms with van der Waals surface area (Å²) in [6.07, 6.45) is -6.21. The van der Waals surface area contributed by atoms with Gasteiger partial charge in [-0.05, 0) is 0 Å². The molecule has 228 valence electrons. The zero-order chi connectivity index (χ0) is 31.6. The topological polar surface area (TPSA) is 0 Å². The zero-order valence-corrected chi connectivity index (χ0v) is 29.3. The van der Waals surface area contributed by atoms with Crippen molar-refractivity contribution in [1.29, 1.82) is 0 Å². The molecule has 10 heteroatoms. The second-order valence-corrected chi connectivity index (χ2v) is 27.3. The fraction of sp³-hybridized carbons (Fsp3) is 0.235. The molecule has 1 unspecified atom stereocenters. The van der Waals surface area contributed by atoms with E-state index in [0.717, 1.165) is 32.1 Å². The molecule has 4 aromatic carbocycles. The second kappa shape index (κ2) is 11.6. The molecular weight excluding hydrogens is 713 g/mol. The molecule has 0 nitrogen and oxygen atoms in total. The maximum atomic E-state index is 13.9. The van der Waals surface area contributed by atoms with Crippen molar-refractivity contribution in [2.45, 2.75) is 49.1 Å². The van der Waals surface area contributed by atoms with E-state index in [-0.39, 0.29) is 15.3 Å². The molecule has 0 N–H and O–H groups in total. The van der Waals surface area contributed by atoms with Crippen LogP contribution in [0, 0.1) is 0 Å². The van der Waals surface area contributed by atoms with Crippen LogP contribution in [-0.4, -0.2) is 9.52 Å². The number of halogens is 8. The third kappa shape index (κ3) is 5.48. The van der Waals surface area contributed by atoms with Gasteiger partial charge in [-0.25, -0.2) is 0 Å². The van der Waals surface area contributed by atoms with Crippen LogP contribution in [0.25, 0.3) is 28.3 Å². The number of alkyl halides is 6. The Morgan fingerprint density at radius 3 is 2.09 bits per heavy atom. The molecule has 0 saturated carbocycles. The van der Waals surface area contributed by atoms with E-state index in [0.29, 0.717) is 36.0 Å². The Labute approximate surface area is 266 Å². The van der Waals surface area contributed by atoms with Crippen LogP contribution in [0.1, 0.15) is 58.1 Å². The van der Waals surface area contributed by atoms with E-state index in [2.05, 4.69) is 18.2 Å². The molecule has 2 aliphatic rings. The molecule has 1 atom stereocenters. The molecule has 0 bridgehead atoms. The predicted octanol–water partition coefficient (Wildman–Crippen LogP) is 9.08. The third-order valence-electron chi connectivity index (χ3n) is 8.75. The normalized spacial score (nSPS) is 16.6. The number of fused-ring (bicyclic) bond motifs is 4. The number of allylic oxidation sites excluding steroid dienone is 1. The van der Waals surface area contributed by atoms with Crippen molar-refractivity contribution in [3.63, 3.8) is 0 Å². The van der Waals surface area contributed by atoms with Crippen LogP contribution >= 0.6 is 17.0 Å². The van der Waals surface area contributed by atoms with Crippen LogP contribution in [0.3, 0.4) is 0 Å². The summed E-state index contributed by atoms with van der Waals surface area (Å²) in [7, 11) is 14.4. The summed E-state index contributed by atoms with van der Waals surface area (Å²) >= 11 is -4.36. The summed E-state index contributed by atoms with van der Waals surface area (Å²) in [5, 5.41) is 2.58. The first-order chi connectivity index (χ1) is 20.8. The van der Waals surface area contributed by atoms with E-state index in [4.69, 9.17) is 17.0 Å². The molecule has 1 heterocycles. The van der Waals surface area contributed by atoms with Gasteiger partial charge < -0.3 is 0 Å². The maximum absolute atomic E-state index is 13.9. The summed E-state index contributed by atoms with van der Waals surface area (Å²) in [5.41, 5.74) is 3.08. The van der Waals surface area contributed by atoms with E-state index in [1.807, 2.05) is 56.3 Å². The number of rotatable bonds is 6. The number of benzene rings is 4. The number of hydrogen-bond acceptors (Lipinski definition) is 0. The molecule has 1 aliphatic heterocycles. The summed E-state index contributed by atoms with van der Waals surface area (Å²) in [5.74, 6) is 0. The monoisotopic (exact) mass is 738 g/mol. The molecule has 0 radical (unpaired) electrons. The average Bonchev–Trinajstić information content (AvgIpc) is 3.55. The molecule has 0 amide bonds. The SMILES string of the molecule is CCCc1ccc2c(c1-c1cc(C(F)(F)F)cc(C(F)(F)F)c1)C=C(CC)[CH]2[Zr]([Cl])([Cl])[c]1cccc2c1[SiH2]c1ccccc1-2. The quantitative estimate of drug-likeness (QED) is 0.120. The standard InChI is InChI=1S/C22H19F6.C12H9Si.2ClH.Zr/c1-3-5-14-6-7-15-8-13(4-2)9-19(15)20(14)16-10-17(21(23,24)25)12-18(11-16)22(26,27)28;1-3-7-11-9(5-1)10-6-2-4-8-12(10)13-11;;;/h6-12H,3-5H2,1-2H3;1-7H,13H2;2*1H;/q;;;;+2/p-2. The first-order valence-corrected chi connectivity index (χ1v) is 24.9. The average molecular weight is 741 g/mol. The molecule has 0 saturated heterocycles. The van der Waals surface area contributed by atoms with Crippen molar-refractivity contribution >= 4 is 46.3 Å². The van der Waals surface area contributed by atoms with E-state index in [1.165, 1.54) is 15.9 Å². The van der Waals surface area contributed by atoms with Gasteiger partial charge in [0.15, 0.2) is 0 Å². The van der Waals surface area contributed by atoms with Gasteiger partial charge in [-0.15, -0.1) is 0 Å². The molecule has 6 rings (SSSR count). The van der Waals surface area contributed by atoms with Gasteiger partial charge in [0.1, 0.15) is 0 Å². The van der Waals surface area contributed by atoms with Gasteiger partial charge in [-0.2, -0.15) is 0 Å². The molecule has 1 aliphatic carbocycles. The van der Waals surface area contributed by atoms with Crippen molar-refractivity contribution in [3.8, 4) is 22.3 Å². The van der Waals surface area contributed by atoms with Crippen LogP contribution in [0.2, 0.25) is 0 Å². The number of hydrogen-bond donors (Lipinski definition) is 0. The van der Waals surface area contributed by atoms with Gasteiger partial charge in [-0.1, -0.05) is 0 Å². The van der Waals surface area contributed by atoms with Gasteiger partial charge in [0.25, 0.3) is 0 Å². The van der Waals surface area contributed by atoms with Crippen molar-refractivity contribution in [2.24, 2.45) is 0 Å². The molecule has 0 fully saturated rings. The van der Waals surface area contributed by atoms with Crippen molar-refractivity contribution in [3.05, 3.63) is 106 Å². The van der Waals surface area contributed by atoms with Gasteiger partial charge in [-0.3, -0.25) is 0 Å². The molecule has 44 heavy (non-hydrogen) atoms. The zero-order valence-electron chi connectivity index (χ0n) is 23.9. The molecular formula is C34H28Cl2F6SiZr. The summed E-state index contributed by atoms with van der Waals surface area (Å²) in [4.78, 5) is 0. The van der Waals surface area contributed by atoms with Crippen LogP contribution in [0.15, 0.2) is 78.4 Å². The van der Waals surface area contributed by atoms with Crippen LogP contribution < -0.4 is 13.6 Å². The summed E-state index contributed by atoms with van der Waals surface area (Å²) < 4.78 is 84.1. The molecule has 4 aromatic rings. The molecule has 0 spiro atoms. The predicted molar refractivity (Wildman–Crippen MR) is 168 cm³/mol. The Kier molecular flexibility index (Phi) is 8.39. The van der Waals surface area contributed by atoms with Gasteiger partial charge in [0.2, 0.25) is 0 Å². The Balaban J connectivity index is 1.56. The first kappa shape index (κ1) is 31.8. The van der Waals surface area contributed by atoms with Gasteiger partial charge in [0.05, 0.1) is 0 Å². The Morgan fingerprint density at radius 1 is 0.795 bits per heavy atom. The van der Waals surface area contributed by atoms with E-state index >= 15 is 0 Å². The second-order valence-electron chi connectivity index (χ2n) is 11.4. The Hall–Kier alpha value is -2.12. The van der Waals surface area contributed by atoms with E-state index in [1.54, 1.807) is 0 Å². The third-order valence-corrected chi connectivity index (χ3v) is 23.1. The van der Waals surface area contributed by atoms with E-state index < -0.39 is 50.9 Å². The summed E-state index contributed by atoms with van der Waals surface area (Å²) in [6, 6.07) is 20.1. The van der Waals surface area contributed by atoms with E-state index in [9.17, 15) is 26.3 Å². The Bertz CT molecular complexity index is 1780. The van der Waals surface area contributed by atoms with Crippen molar-refractivity contribution < 1.29 is 44.2 Å². The first-order valence-electron chi connectivity index (χ1n) is 14.5. The molecule has 0 aromatic heterocycles. The minimum atomic E-state index is -4.95. The van der Waals surface area contributed by atoms with Crippen LogP contribution in [0.5, 0.6) is 0 Å². The van der Waals surface area contributed by atoms with Crippen molar-refractivity contribution in [1.82, 2.24) is 0 Å². The van der Waals surface area contributed by atoms with Gasteiger partial charge in [0, 0.05) is 0 Å². The number of aryl methyl sites for hydroxylation is 1. The summed E-state index contributed by atoms with van der Waals surface area (Å²) in [6.45, 7) is 3.91.